The van der Waals surface area contributed by atoms with Gasteiger partial charge in [-0.25, -0.2) is 0 Å². The first-order valence-corrected chi connectivity index (χ1v) is 9.40. The lowest BCUT2D eigenvalue weighted by molar-refractivity contribution is 0.130. The third-order valence-corrected chi connectivity index (χ3v) is 4.91. The van der Waals surface area contributed by atoms with Gasteiger partial charge in [-0.05, 0) is 49.4 Å². The van der Waals surface area contributed by atoms with E-state index in [-0.39, 0.29) is 11.0 Å². The Hall–Kier alpha value is -1.32. The average molecular weight is 373 g/mol. The Morgan fingerprint density at radius 2 is 1.40 bits per heavy atom. The molecular weight excluding hydrogens is 344 g/mol. The predicted octanol–water partition coefficient (Wildman–Crippen LogP) is 6.85. The van der Waals surface area contributed by atoms with Crippen molar-refractivity contribution in [3.8, 4) is 5.75 Å². The van der Waals surface area contributed by atoms with Gasteiger partial charge in [0.2, 0.25) is 0 Å². The van der Waals surface area contributed by atoms with Crippen LogP contribution in [0.3, 0.4) is 0 Å². The minimum absolute atomic E-state index is 0.0482. The molecule has 0 aromatic heterocycles. The maximum Gasteiger partial charge on any atom is 0.128 e. The number of hydrogen-bond acceptors (Lipinski definition) is 3. The maximum absolute atomic E-state index is 6.19. The number of hydrogen-bond donors (Lipinski definition) is 2. The van der Waals surface area contributed by atoms with Crippen LogP contribution in [-0.4, -0.2) is 5.60 Å². The van der Waals surface area contributed by atoms with Gasteiger partial charge in [0, 0.05) is 15.4 Å². The molecule has 0 saturated heterocycles. The Morgan fingerprint density at radius 1 is 0.800 bits per heavy atom. The summed E-state index contributed by atoms with van der Waals surface area (Å²) in [6.07, 6.45) is 0. The Kier molecular flexibility index (Phi) is 6.01. The topological polar surface area (TPSA) is 9.23 Å². The van der Waals surface area contributed by atoms with Gasteiger partial charge in [0.05, 0.1) is 0 Å². The fourth-order valence-corrected chi connectivity index (χ4v) is 3.03. The van der Waals surface area contributed by atoms with Gasteiger partial charge < -0.3 is 4.74 Å². The zero-order valence-electron chi connectivity index (χ0n) is 15.9. The molecule has 0 unspecified atom stereocenters. The molecular formula is C22H28OS2. The first kappa shape index (κ1) is 20.0. The average Bonchev–Trinajstić information content (AvgIpc) is 2.52. The maximum atomic E-state index is 6.19. The SMILES string of the molecule is CC(C)(C)Oc1ccc(C(C)(C)C)cc1C(S)=C(S)c1ccccc1. The Labute approximate surface area is 163 Å². The minimum Gasteiger partial charge on any atom is -0.487 e. The van der Waals surface area contributed by atoms with E-state index < -0.39 is 0 Å². The van der Waals surface area contributed by atoms with E-state index in [1.807, 2.05) is 36.4 Å². The van der Waals surface area contributed by atoms with Crippen LogP contribution in [0.2, 0.25) is 0 Å². The lowest BCUT2D eigenvalue weighted by atomic mass is 9.86. The van der Waals surface area contributed by atoms with Crippen LogP contribution in [-0.2, 0) is 5.41 Å². The zero-order chi connectivity index (χ0) is 18.8. The summed E-state index contributed by atoms with van der Waals surface area (Å²) in [5, 5.41) is 0. The molecule has 0 aliphatic carbocycles. The molecule has 2 aromatic rings. The molecule has 0 saturated carbocycles. The van der Waals surface area contributed by atoms with Gasteiger partial charge in [-0.15, -0.1) is 25.3 Å². The highest BCUT2D eigenvalue weighted by molar-refractivity contribution is 7.96. The zero-order valence-corrected chi connectivity index (χ0v) is 17.7. The van der Waals surface area contributed by atoms with Crippen LogP contribution in [0, 0.1) is 0 Å². The number of thiol groups is 2. The molecule has 0 spiro atoms. The molecule has 0 aliphatic rings. The third-order valence-electron chi connectivity index (χ3n) is 3.79. The molecule has 25 heavy (non-hydrogen) atoms. The lowest BCUT2D eigenvalue weighted by Crippen LogP contribution is -2.23. The monoisotopic (exact) mass is 372 g/mol. The molecule has 0 amide bonds. The van der Waals surface area contributed by atoms with Crippen molar-refractivity contribution in [2.24, 2.45) is 0 Å². The summed E-state index contributed by atoms with van der Waals surface area (Å²) in [6, 6.07) is 16.4. The van der Waals surface area contributed by atoms with E-state index in [0.29, 0.717) is 0 Å². The van der Waals surface area contributed by atoms with Crippen LogP contribution in [0.15, 0.2) is 48.5 Å². The second-order valence-electron chi connectivity index (χ2n) is 8.24. The van der Waals surface area contributed by atoms with Crippen molar-refractivity contribution in [2.45, 2.75) is 52.6 Å². The van der Waals surface area contributed by atoms with Gasteiger partial charge in [-0.2, -0.15) is 0 Å². The first-order chi connectivity index (χ1) is 11.5. The van der Waals surface area contributed by atoms with Crippen molar-refractivity contribution in [3.63, 3.8) is 0 Å². The van der Waals surface area contributed by atoms with Crippen LogP contribution in [0.5, 0.6) is 5.75 Å². The van der Waals surface area contributed by atoms with Gasteiger partial charge in [0.15, 0.2) is 0 Å². The van der Waals surface area contributed by atoms with E-state index in [4.69, 9.17) is 30.0 Å². The third kappa shape index (κ3) is 5.32. The quantitative estimate of drug-likeness (QED) is 0.442. The van der Waals surface area contributed by atoms with Crippen molar-refractivity contribution in [1.29, 1.82) is 0 Å². The van der Waals surface area contributed by atoms with E-state index in [2.05, 4.69) is 53.7 Å². The van der Waals surface area contributed by atoms with Gasteiger partial charge in [0.25, 0.3) is 0 Å². The van der Waals surface area contributed by atoms with Crippen LogP contribution >= 0.6 is 25.3 Å². The number of rotatable bonds is 3. The molecule has 0 fully saturated rings. The van der Waals surface area contributed by atoms with Gasteiger partial charge in [-0.3, -0.25) is 0 Å². The molecule has 0 aliphatic heterocycles. The van der Waals surface area contributed by atoms with Crippen LogP contribution < -0.4 is 4.74 Å². The van der Waals surface area contributed by atoms with E-state index in [9.17, 15) is 0 Å². The largest absolute Gasteiger partial charge is 0.487 e. The fourth-order valence-electron chi connectivity index (χ4n) is 2.46. The van der Waals surface area contributed by atoms with Crippen molar-refractivity contribution >= 4 is 35.1 Å². The molecule has 0 N–H and O–H groups in total. The van der Waals surface area contributed by atoms with Gasteiger partial charge >= 0.3 is 0 Å². The highest BCUT2D eigenvalue weighted by Crippen LogP contribution is 2.39. The summed E-state index contributed by atoms with van der Waals surface area (Å²) in [5.74, 6) is 0.827. The van der Waals surface area contributed by atoms with E-state index in [0.717, 1.165) is 26.7 Å². The van der Waals surface area contributed by atoms with Crippen molar-refractivity contribution in [1.82, 2.24) is 0 Å². The smallest absolute Gasteiger partial charge is 0.128 e. The minimum atomic E-state index is -0.282. The van der Waals surface area contributed by atoms with E-state index in [1.165, 1.54) is 5.56 Å². The second kappa shape index (κ2) is 7.51. The van der Waals surface area contributed by atoms with Crippen LogP contribution in [0.1, 0.15) is 58.2 Å². The number of benzene rings is 2. The van der Waals surface area contributed by atoms with Crippen LogP contribution in [0.25, 0.3) is 9.81 Å². The van der Waals surface area contributed by atoms with E-state index >= 15 is 0 Å². The Balaban J connectivity index is 2.63. The summed E-state index contributed by atoms with van der Waals surface area (Å²) >= 11 is 9.55. The van der Waals surface area contributed by atoms with Gasteiger partial charge in [0.1, 0.15) is 11.4 Å². The molecule has 3 heteroatoms. The molecule has 2 aromatic carbocycles. The number of ether oxygens (including phenoxy) is 1. The Morgan fingerprint density at radius 3 is 1.92 bits per heavy atom. The van der Waals surface area contributed by atoms with E-state index in [1.54, 1.807) is 0 Å². The lowest BCUT2D eigenvalue weighted by Gasteiger charge is -2.26. The highest BCUT2D eigenvalue weighted by Gasteiger charge is 2.21. The fraction of sp³-hybridized carbons (Fsp3) is 0.364. The van der Waals surface area contributed by atoms with Crippen molar-refractivity contribution in [3.05, 3.63) is 65.2 Å². The molecule has 2 rings (SSSR count). The molecule has 0 radical (unpaired) electrons. The summed E-state index contributed by atoms with van der Waals surface area (Å²) in [4.78, 5) is 1.66. The second-order valence-corrected chi connectivity index (χ2v) is 9.13. The first-order valence-electron chi connectivity index (χ1n) is 8.50. The Bertz CT molecular complexity index is 763. The van der Waals surface area contributed by atoms with Crippen molar-refractivity contribution in [2.75, 3.05) is 0 Å². The van der Waals surface area contributed by atoms with Gasteiger partial charge in [-0.1, -0.05) is 57.2 Å². The molecule has 0 bridgehead atoms. The molecule has 0 atom stereocenters. The van der Waals surface area contributed by atoms with Crippen LogP contribution in [0.4, 0.5) is 0 Å². The standard InChI is InChI=1S/C22H28OS2/c1-21(2,3)16-12-13-18(23-22(4,5)6)17(14-16)20(25)19(24)15-10-8-7-9-11-15/h7-14,24-25H,1-6H3. The summed E-state index contributed by atoms with van der Waals surface area (Å²) in [7, 11) is 0. The molecule has 134 valence electrons. The summed E-state index contributed by atoms with van der Waals surface area (Å²) in [5.41, 5.74) is 3.02. The summed E-state index contributed by atoms with van der Waals surface area (Å²) < 4.78 is 6.19. The summed E-state index contributed by atoms with van der Waals surface area (Å²) in [6.45, 7) is 12.8. The van der Waals surface area contributed by atoms with Crippen molar-refractivity contribution < 1.29 is 4.74 Å². The molecule has 0 heterocycles. The highest BCUT2D eigenvalue weighted by atomic mass is 32.1. The normalized spacial score (nSPS) is 13.4. The molecule has 1 nitrogen and oxygen atoms in total. The predicted molar refractivity (Wildman–Crippen MR) is 117 cm³/mol.